The van der Waals surface area contributed by atoms with E-state index in [9.17, 15) is 0 Å². The molecule has 0 unspecified atom stereocenters. The molecule has 0 aliphatic carbocycles. The van der Waals surface area contributed by atoms with Gasteiger partial charge in [0.2, 0.25) is 0 Å². The largest absolute Gasteiger partial charge is 0.0877 e. The highest BCUT2D eigenvalue weighted by atomic mass is 14.3. The summed E-state index contributed by atoms with van der Waals surface area (Å²) >= 11 is 0. The summed E-state index contributed by atoms with van der Waals surface area (Å²) < 4.78 is 0. The molecule has 0 nitrogen and oxygen atoms in total. The Morgan fingerprint density at radius 1 is 0.600 bits per heavy atom. The molecule has 3 aromatic carbocycles. The highest BCUT2D eigenvalue weighted by molar-refractivity contribution is 5.41. The van der Waals surface area contributed by atoms with Gasteiger partial charge in [-0.05, 0) is 43.0 Å². The molecule has 3 rings (SSSR count). The molecule has 0 fully saturated rings. The molecule has 0 heteroatoms. The van der Waals surface area contributed by atoms with Crippen molar-refractivity contribution >= 4 is 0 Å². The molecule has 0 spiro atoms. The van der Waals surface area contributed by atoms with Crippen LogP contribution in [0.5, 0.6) is 0 Å². The summed E-state index contributed by atoms with van der Waals surface area (Å²) in [5, 5.41) is 0. The lowest BCUT2D eigenvalue weighted by molar-refractivity contribution is 0.639. The van der Waals surface area contributed by atoms with E-state index in [0.29, 0.717) is 0 Å². The average Bonchev–Trinajstić information content (AvgIpc) is 2.89. The Balaban J connectivity index is 0.000000327. The minimum absolute atomic E-state index is 0.0350. The van der Waals surface area contributed by atoms with Crippen molar-refractivity contribution in [3.63, 3.8) is 0 Å². The van der Waals surface area contributed by atoms with E-state index in [0.717, 1.165) is 0 Å². The third-order valence-corrected chi connectivity index (χ3v) is 6.30. The van der Waals surface area contributed by atoms with Crippen LogP contribution >= 0.6 is 0 Å². The predicted molar refractivity (Wildman–Crippen MR) is 158 cm³/mol. The highest BCUT2D eigenvalue weighted by Crippen LogP contribution is 2.32. The fourth-order valence-electron chi connectivity index (χ4n) is 3.86. The van der Waals surface area contributed by atoms with Crippen molar-refractivity contribution in [1.82, 2.24) is 0 Å². The molecular weight excluding hydrogens is 420 g/mol. The Morgan fingerprint density at radius 3 is 1.51 bits per heavy atom. The van der Waals surface area contributed by atoms with Gasteiger partial charge in [0.15, 0.2) is 0 Å². The predicted octanol–water partition coefficient (Wildman–Crippen LogP) is 10.4. The van der Waals surface area contributed by atoms with Gasteiger partial charge in [0, 0.05) is 10.8 Å². The zero-order chi connectivity index (χ0) is 26.3. The maximum atomic E-state index is 2.27. The lowest BCUT2D eigenvalue weighted by Crippen LogP contribution is -2.19. The first-order valence-corrected chi connectivity index (χ1v) is 12.9. The summed E-state index contributed by atoms with van der Waals surface area (Å²) in [4.78, 5) is 0. The Hall–Kier alpha value is -3.12. The summed E-state index contributed by atoms with van der Waals surface area (Å²) in [6.45, 7) is 19.3. The molecule has 35 heavy (non-hydrogen) atoms. The Bertz CT molecular complexity index is 1040. The summed E-state index contributed by atoms with van der Waals surface area (Å²) in [7, 11) is 0. The SMILES string of the molecule is CC.C\C=C/C=C(\C=C\C)C(C)(C)c1ccccc1.Cc1ccc(C(C)(C)c2ccccc2)cc1. The fraction of sp³-hybridized carbons (Fsp3) is 0.314. The summed E-state index contributed by atoms with van der Waals surface area (Å²) in [6.07, 6.45) is 10.6. The second-order valence-corrected chi connectivity index (χ2v) is 9.50. The van der Waals surface area contributed by atoms with Crippen LogP contribution in [-0.2, 0) is 10.8 Å². The minimum Gasteiger partial charge on any atom is -0.0877 e. The first-order valence-electron chi connectivity index (χ1n) is 12.9. The smallest absolute Gasteiger partial charge is 0.0146 e. The third-order valence-electron chi connectivity index (χ3n) is 6.30. The van der Waals surface area contributed by atoms with Gasteiger partial charge < -0.3 is 0 Å². The van der Waals surface area contributed by atoms with E-state index in [4.69, 9.17) is 0 Å². The Kier molecular flexibility index (Phi) is 12.8. The maximum Gasteiger partial charge on any atom is 0.0146 e. The van der Waals surface area contributed by atoms with E-state index in [1.165, 1.54) is 27.8 Å². The van der Waals surface area contributed by atoms with Gasteiger partial charge >= 0.3 is 0 Å². The molecular formula is C35H46. The fourth-order valence-corrected chi connectivity index (χ4v) is 3.86. The van der Waals surface area contributed by atoms with Crippen molar-refractivity contribution in [3.05, 3.63) is 143 Å². The van der Waals surface area contributed by atoms with E-state index in [1.807, 2.05) is 20.8 Å². The standard InChI is InChI=1S/C17H22.C16H18.C2H6/c1-5-7-12-15(11-6-2)17(3,4)16-13-9-8-10-14-16;1-13-9-11-15(12-10-13)16(2,3)14-7-5-4-6-8-14;1-2/h5-14H,1-4H3;4-12H,1-3H3;1-2H3/b7-5-,11-6+,15-12+;;. The molecule has 0 aliphatic rings. The van der Waals surface area contributed by atoms with Gasteiger partial charge in [-0.25, -0.2) is 0 Å². The average molecular weight is 467 g/mol. The van der Waals surface area contributed by atoms with Crippen LogP contribution < -0.4 is 0 Å². The molecule has 0 bridgehead atoms. The molecule has 0 saturated heterocycles. The van der Waals surface area contributed by atoms with Crippen molar-refractivity contribution in [2.45, 2.75) is 73.1 Å². The normalized spacial score (nSPS) is 12.1. The lowest BCUT2D eigenvalue weighted by atomic mass is 9.77. The van der Waals surface area contributed by atoms with Gasteiger partial charge in [-0.15, -0.1) is 0 Å². The van der Waals surface area contributed by atoms with Crippen LogP contribution in [0.15, 0.2) is 121 Å². The van der Waals surface area contributed by atoms with Gasteiger partial charge in [0.05, 0.1) is 0 Å². The number of rotatable bonds is 6. The second kappa shape index (κ2) is 15.0. The zero-order valence-electron chi connectivity index (χ0n) is 23.5. The quantitative estimate of drug-likeness (QED) is 0.317. The molecule has 0 N–H and O–H groups in total. The van der Waals surface area contributed by atoms with Crippen molar-refractivity contribution in [3.8, 4) is 0 Å². The molecule has 186 valence electrons. The molecule has 3 aromatic rings. The molecule has 0 atom stereocenters. The monoisotopic (exact) mass is 466 g/mol. The van der Waals surface area contributed by atoms with Gasteiger partial charge in [-0.2, -0.15) is 0 Å². The van der Waals surface area contributed by atoms with Gasteiger partial charge in [-0.3, -0.25) is 0 Å². The topological polar surface area (TPSA) is 0 Å². The molecule has 0 aliphatic heterocycles. The number of hydrogen-bond donors (Lipinski definition) is 0. The van der Waals surface area contributed by atoms with E-state index < -0.39 is 0 Å². The van der Waals surface area contributed by atoms with Crippen LogP contribution in [0, 0.1) is 6.92 Å². The van der Waals surface area contributed by atoms with Crippen molar-refractivity contribution < 1.29 is 0 Å². The molecule has 0 radical (unpaired) electrons. The summed E-state index contributed by atoms with van der Waals surface area (Å²) in [6, 6.07) is 30.1. The van der Waals surface area contributed by atoms with E-state index in [-0.39, 0.29) is 10.8 Å². The van der Waals surface area contributed by atoms with Gasteiger partial charge in [0.25, 0.3) is 0 Å². The summed E-state index contributed by atoms with van der Waals surface area (Å²) in [5.41, 5.74) is 6.82. The number of hydrogen-bond acceptors (Lipinski definition) is 0. The van der Waals surface area contributed by atoms with Gasteiger partial charge in [-0.1, -0.05) is 162 Å². The Morgan fingerprint density at radius 2 is 1.06 bits per heavy atom. The zero-order valence-corrected chi connectivity index (χ0v) is 23.5. The Labute approximate surface area is 216 Å². The van der Waals surface area contributed by atoms with Crippen LogP contribution in [0.25, 0.3) is 0 Å². The van der Waals surface area contributed by atoms with Crippen molar-refractivity contribution in [1.29, 1.82) is 0 Å². The number of benzene rings is 3. The van der Waals surface area contributed by atoms with Crippen LogP contribution in [0.2, 0.25) is 0 Å². The molecule has 0 heterocycles. The van der Waals surface area contributed by atoms with Crippen LogP contribution in [0.4, 0.5) is 0 Å². The van der Waals surface area contributed by atoms with Gasteiger partial charge in [0.1, 0.15) is 0 Å². The minimum atomic E-state index is 0.0350. The lowest BCUT2D eigenvalue weighted by Gasteiger charge is -2.27. The first-order chi connectivity index (χ1) is 16.7. The maximum absolute atomic E-state index is 2.27. The second-order valence-electron chi connectivity index (χ2n) is 9.50. The third kappa shape index (κ3) is 8.87. The van der Waals surface area contributed by atoms with Crippen LogP contribution in [0.3, 0.4) is 0 Å². The van der Waals surface area contributed by atoms with E-state index in [1.54, 1.807) is 0 Å². The number of aryl methyl sites for hydroxylation is 1. The number of allylic oxidation sites excluding steroid dienone is 6. The highest BCUT2D eigenvalue weighted by Gasteiger charge is 2.23. The molecule has 0 amide bonds. The molecule has 0 aromatic heterocycles. The van der Waals surface area contributed by atoms with Crippen LogP contribution in [0.1, 0.15) is 77.6 Å². The first kappa shape index (κ1) is 29.9. The van der Waals surface area contributed by atoms with E-state index >= 15 is 0 Å². The van der Waals surface area contributed by atoms with Crippen LogP contribution in [-0.4, -0.2) is 0 Å². The molecule has 0 saturated carbocycles. The van der Waals surface area contributed by atoms with E-state index in [2.05, 4.69) is 157 Å². The van der Waals surface area contributed by atoms with Crippen molar-refractivity contribution in [2.75, 3.05) is 0 Å². The summed E-state index contributed by atoms with van der Waals surface area (Å²) in [5.74, 6) is 0. The van der Waals surface area contributed by atoms with Crippen molar-refractivity contribution in [2.24, 2.45) is 0 Å².